The molecule has 2 aromatic rings. The van der Waals surface area contributed by atoms with Gasteiger partial charge in [0.1, 0.15) is 0 Å². The molecule has 2 aromatic heterocycles. The van der Waals surface area contributed by atoms with Crippen molar-refractivity contribution in [3.8, 4) is 0 Å². The van der Waals surface area contributed by atoms with Crippen LogP contribution in [0.2, 0.25) is 0 Å². The normalized spacial score (nSPS) is 17.7. The van der Waals surface area contributed by atoms with Crippen LogP contribution in [0, 0.1) is 5.92 Å². The number of nitrogens with zero attached hydrogens (tertiary/aromatic N) is 2. The molecule has 6 heteroatoms. The van der Waals surface area contributed by atoms with Gasteiger partial charge in [-0.1, -0.05) is 25.1 Å². The number of piperidine rings is 1. The zero-order valence-electron chi connectivity index (χ0n) is 13.4. The molecule has 124 valence electrons. The summed E-state index contributed by atoms with van der Waals surface area (Å²) in [6.07, 6.45) is 1.18. The number of hydrogen-bond donors (Lipinski definition) is 1. The maximum atomic E-state index is 12.5. The zero-order chi connectivity index (χ0) is 16.4. The predicted octanol–water partition coefficient (Wildman–Crippen LogP) is 3.45. The predicted molar refractivity (Wildman–Crippen MR) is 88.5 cm³/mol. The van der Waals surface area contributed by atoms with Crippen LogP contribution in [0.1, 0.15) is 59.8 Å². The van der Waals surface area contributed by atoms with E-state index in [9.17, 15) is 9.90 Å². The number of aliphatic hydroxyl groups excluding tert-OH is 1. The Bertz CT molecular complexity index is 643. The third kappa shape index (κ3) is 3.48. The van der Waals surface area contributed by atoms with Crippen LogP contribution in [0.25, 0.3) is 0 Å². The number of carbonyl (C=O) groups is 1. The fourth-order valence-electron chi connectivity index (χ4n) is 2.93. The SMILES string of the molecule is CC(C)c1cc(C(=O)N2CCC([C@@H](O)c3cccs3)CC2)on1. The highest BCUT2D eigenvalue weighted by Crippen LogP contribution is 2.33. The minimum absolute atomic E-state index is 0.103. The van der Waals surface area contributed by atoms with Crippen LogP contribution in [-0.4, -0.2) is 34.2 Å². The number of amides is 1. The highest BCUT2D eigenvalue weighted by atomic mass is 32.1. The molecular formula is C17H22N2O3S. The highest BCUT2D eigenvalue weighted by molar-refractivity contribution is 7.10. The molecule has 1 atom stereocenters. The number of aromatic nitrogens is 1. The number of aliphatic hydroxyl groups is 1. The molecular weight excluding hydrogens is 312 g/mol. The van der Waals surface area contributed by atoms with Crippen molar-refractivity contribution in [2.75, 3.05) is 13.1 Å². The molecule has 1 N–H and O–H groups in total. The summed E-state index contributed by atoms with van der Waals surface area (Å²) in [4.78, 5) is 15.3. The molecule has 0 saturated carbocycles. The van der Waals surface area contributed by atoms with E-state index in [4.69, 9.17) is 4.52 Å². The average molecular weight is 334 g/mol. The van der Waals surface area contributed by atoms with Gasteiger partial charge in [0.25, 0.3) is 5.91 Å². The van der Waals surface area contributed by atoms with Gasteiger partial charge in [-0.3, -0.25) is 4.79 Å². The summed E-state index contributed by atoms with van der Waals surface area (Å²) in [6.45, 7) is 5.32. The van der Waals surface area contributed by atoms with Crippen molar-refractivity contribution in [1.82, 2.24) is 10.1 Å². The summed E-state index contributed by atoms with van der Waals surface area (Å²) >= 11 is 1.58. The molecule has 0 aromatic carbocycles. The van der Waals surface area contributed by atoms with Gasteiger partial charge in [-0.15, -0.1) is 11.3 Å². The molecule has 0 bridgehead atoms. The van der Waals surface area contributed by atoms with E-state index >= 15 is 0 Å². The number of likely N-dealkylation sites (tertiary alicyclic amines) is 1. The smallest absolute Gasteiger partial charge is 0.292 e. The van der Waals surface area contributed by atoms with Gasteiger partial charge in [0, 0.05) is 24.0 Å². The van der Waals surface area contributed by atoms with Crippen molar-refractivity contribution < 1.29 is 14.4 Å². The van der Waals surface area contributed by atoms with Crippen molar-refractivity contribution in [2.45, 2.75) is 38.7 Å². The van der Waals surface area contributed by atoms with E-state index in [2.05, 4.69) is 5.16 Å². The van der Waals surface area contributed by atoms with Crippen LogP contribution in [0.15, 0.2) is 28.1 Å². The summed E-state index contributed by atoms with van der Waals surface area (Å²) in [5, 5.41) is 16.3. The van der Waals surface area contributed by atoms with Gasteiger partial charge in [0.15, 0.2) is 0 Å². The summed E-state index contributed by atoms with van der Waals surface area (Å²) in [5.74, 6) is 0.657. The summed E-state index contributed by atoms with van der Waals surface area (Å²) < 4.78 is 5.19. The van der Waals surface area contributed by atoms with Gasteiger partial charge in [0.05, 0.1) is 11.8 Å². The van der Waals surface area contributed by atoms with Gasteiger partial charge >= 0.3 is 0 Å². The van der Waals surface area contributed by atoms with Crippen molar-refractivity contribution in [1.29, 1.82) is 0 Å². The molecule has 5 nitrogen and oxygen atoms in total. The molecule has 1 fully saturated rings. The number of thiophene rings is 1. The van der Waals surface area contributed by atoms with Crippen molar-refractivity contribution in [3.05, 3.63) is 39.9 Å². The summed E-state index contributed by atoms with van der Waals surface area (Å²) in [5.41, 5.74) is 0.802. The molecule has 0 radical (unpaired) electrons. The molecule has 1 amide bonds. The second-order valence-electron chi connectivity index (χ2n) is 6.36. The van der Waals surface area contributed by atoms with Gasteiger partial charge < -0.3 is 14.5 Å². The Labute approximate surface area is 139 Å². The lowest BCUT2D eigenvalue weighted by Gasteiger charge is -2.33. The lowest BCUT2D eigenvalue weighted by Crippen LogP contribution is -2.39. The first kappa shape index (κ1) is 16.2. The van der Waals surface area contributed by atoms with Crippen molar-refractivity contribution in [3.63, 3.8) is 0 Å². The van der Waals surface area contributed by atoms with Gasteiger partial charge in [-0.25, -0.2) is 0 Å². The average Bonchev–Trinajstić information content (AvgIpc) is 3.25. The molecule has 1 aliphatic rings. The highest BCUT2D eigenvalue weighted by Gasteiger charge is 2.30. The first-order valence-corrected chi connectivity index (χ1v) is 8.91. The molecule has 0 aliphatic carbocycles. The van der Waals surface area contributed by atoms with E-state index < -0.39 is 6.10 Å². The molecule has 0 unspecified atom stereocenters. The van der Waals surface area contributed by atoms with E-state index in [1.807, 2.05) is 31.4 Å². The monoisotopic (exact) mass is 334 g/mol. The van der Waals surface area contributed by atoms with E-state index in [-0.39, 0.29) is 17.7 Å². The van der Waals surface area contributed by atoms with E-state index in [1.165, 1.54) is 0 Å². The summed E-state index contributed by atoms with van der Waals surface area (Å²) in [7, 11) is 0. The van der Waals surface area contributed by atoms with E-state index in [0.717, 1.165) is 23.4 Å². The fraction of sp³-hybridized carbons (Fsp3) is 0.529. The number of rotatable bonds is 4. The van der Waals surface area contributed by atoms with Crippen LogP contribution < -0.4 is 0 Å². The lowest BCUT2D eigenvalue weighted by molar-refractivity contribution is 0.0447. The van der Waals surface area contributed by atoms with Crippen LogP contribution in [0.5, 0.6) is 0 Å². The van der Waals surface area contributed by atoms with E-state index in [1.54, 1.807) is 22.3 Å². The van der Waals surface area contributed by atoms with Gasteiger partial charge in [-0.05, 0) is 36.1 Å². The maximum Gasteiger partial charge on any atom is 0.292 e. The molecule has 0 spiro atoms. The fourth-order valence-corrected chi connectivity index (χ4v) is 3.73. The quantitative estimate of drug-likeness (QED) is 0.930. The molecule has 3 rings (SSSR count). The van der Waals surface area contributed by atoms with Crippen LogP contribution in [0.4, 0.5) is 0 Å². The Morgan fingerprint density at radius 3 is 2.74 bits per heavy atom. The van der Waals surface area contributed by atoms with Crippen molar-refractivity contribution >= 4 is 17.2 Å². The largest absolute Gasteiger partial charge is 0.387 e. The van der Waals surface area contributed by atoms with Crippen LogP contribution >= 0.6 is 11.3 Å². The van der Waals surface area contributed by atoms with Gasteiger partial charge in [0.2, 0.25) is 5.76 Å². The molecule has 23 heavy (non-hydrogen) atoms. The topological polar surface area (TPSA) is 66.6 Å². The third-order valence-corrected chi connectivity index (χ3v) is 5.38. The Hall–Kier alpha value is -1.66. The zero-order valence-corrected chi connectivity index (χ0v) is 14.3. The Kier molecular flexibility index (Phi) is 4.82. The van der Waals surface area contributed by atoms with Crippen LogP contribution in [0.3, 0.4) is 0 Å². The number of hydrogen-bond acceptors (Lipinski definition) is 5. The second kappa shape index (κ2) is 6.84. The first-order valence-electron chi connectivity index (χ1n) is 8.03. The minimum Gasteiger partial charge on any atom is -0.387 e. The Morgan fingerprint density at radius 2 is 2.17 bits per heavy atom. The lowest BCUT2D eigenvalue weighted by atomic mass is 9.90. The molecule has 1 aliphatic heterocycles. The summed E-state index contributed by atoms with van der Waals surface area (Å²) in [6, 6.07) is 5.66. The molecule has 1 saturated heterocycles. The standard InChI is InChI=1S/C17H22N2O3S/c1-11(2)13-10-14(22-18-13)17(21)19-7-5-12(6-8-19)16(20)15-4-3-9-23-15/h3-4,9-12,16,20H,5-8H2,1-2H3/t16-/m1/s1. The Balaban J connectivity index is 1.58. The second-order valence-corrected chi connectivity index (χ2v) is 7.34. The van der Waals surface area contributed by atoms with Gasteiger partial charge in [-0.2, -0.15) is 0 Å². The van der Waals surface area contributed by atoms with E-state index in [0.29, 0.717) is 18.8 Å². The third-order valence-electron chi connectivity index (χ3n) is 4.44. The maximum absolute atomic E-state index is 12.5. The molecule has 3 heterocycles. The first-order chi connectivity index (χ1) is 11.1. The van der Waals surface area contributed by atoms with Crippen LogP contribution in [-0.2, 0) is 0 Å². The van der Waals surface area contributed by atoms with Crippen molar-refractivity contribution in [2.24, 2.45) is 5.92 Å². The minimum atomic E-state index is -0.426. The number of carbonyl (C=O) groups excluding carboxylic acids is 1. The Morgan fingerprint density at radius 1 is 1.43 bits per heavy atom.